The molecule has 2 N–H and O–H groups in total. The highest BCUT2D eigenvalue weighted by atomic mass is 16.6. The van der Waals surface area contributed by atoms with Crippen LogP contribution < -0.4 is 10.6 Å². The molecule has 4 heteroatoms. The summed E-state index contributed by atoms with van der Waals surface area (Å²) in [7, 11) is 0. The van der Waals surface area contributed by atoms with Gasteiger partial charge < -0.3 is 15.4 Å². The summed E-state index contributed by atoms with van der Waals surface area (Å²) in [5, 5.41) is 6.51. The van der Waals surface area contributed by atoms with Crippen LogP contribution in [0, 0.1) is 0 Å². The largest absolute Gasteiger partial charge is 0.459 e. The van der Waals surface area contributed by atoms with E-state index in [2.05, 4.69) is 10.6 Å². The first-order valence-corrected chi connectivity index (χ1v) is 5.63. The van der Waals surface area contributed by atoms with Crippen LogP contribution in [-0.2, 0) is 9.53 Å². The van der Waals surface area contributed by atoms with Crippen LogP contribution in [0.2, 0.25) is 0 Å². The van der Waals surface area contributed by atoms with Crippen molar-refractivity contribution in [1.82, 2.24) is 10.6 Å². The Morgan fingerprint density at radius 3 is 2.53 bits per heavy atom. The summed E-state index contributed by atoms with van der Waals surface area (Å²) < 4.78 is 5.21. The van der Waals surface area contributed by atoms with Crippen LogP contribution in [0.1, 0.15) is 33.6 Å². The predicted octanol–water partition coefficient (Wildman–Crippen LogP) is 0.670. The standard InChI is InChI=1S/C11H22N2O2/c1-11(2,3)15-10(14)8-13-9-4-6-12-7-5-9/h9,12-13H,4-8H2,1-3H3. The molecule has 88 valence electrons. The first-order chi connectivity index (χ1) is 6.97. The van der Waals surface area contributed by atoms with E-state index in [0.717, 1.165) is 25.9 Å². The molecule has 1 aliphatic rings. The van der Waals surface area contributed by atoms with E-state index >= 15 is 0 Å². The number of piperidine rings is 1. The Morgan fingerprint density at radius 1 is 1.40 bits per heavy atom. The second-order valence-electron chi connectivity index (χ2n) is 4.99. The SMILES string of the molecule is CC(C)(C)OC(=O)CNC1CCNCC1. The second-order valence-corrected chi connectivity index (χ2v) is 4.99. The van der Waals surface area contributed by atoms with E-state index in [1.807, 2.05) is 20.8 Å². The molecule has 0 aromatic heterocycles. The lowest BCUT2D eigenvalue weighted by atomic mass is 10.1. The van der Waals surface area contributed by atoms with Crippen molar-refractivity contribution in [2.75, 3.05) is 19.6 Å². The summed E-state index contributed by atoms with van der Waals surface area (Å²) in [6, 6.07) is 0.457. The number of rotatable bonds is 3. The monoisotopic (exact) mass is 214 g/mol. The molecule has 0 aromatic rings. The fourth-order valence-electron chi connectivity index (χ4n) is 1.63. The number of carbonyl (C=O) groups is 1. The summed E-state index contributed by atoms with van der Waals surface area (Å²) in [5.41, 5.74) is -0.382. The summed E-state index contributed by atoms with van der Waals surface area (Å²) in [4.78, 5) is 11.4. The minimum Gasteiger partial charge on any atom is -0.459 e. The van der Waals surface area contributed by atoms with E-state index in [1.54, 1.807) is 0 Å². The quantitative estimate of drug-likeness (QED) is 0.678. The van der Waals surface area contributed by atoms with E-state index in [-0.39, 0.29) is 11.6 Å². The van der Waals surface area contributed by atoms with Gasteiger partial charge in [0.15, 0.2) is 0 Å². The molecule has 0 aromatic carbocycles. The molecule has 1 rings (SSSR count). The third kappa shape index (κ3) is 5.74. The maximum atomic E-state index is 11.4. The van der Waals surface area contributed by atoms with Crippen molar-refractivity contribution in [3.8, 4) is 0 Å². The van der Waals surface area contributed by atoms with Gasteiger partial charge in [-0.15, -0.1) is 0 Å². The van der Waals surface area contributed by atoms with E-state index < -0.39 is 0 Å². The summed E-state index contributed by atoms with van der Waals surface area (Å²) in [6.45, 7) is 8.04. The van der Waals surface area contributed by atoms with Crippen LogP contribution in [0.25, 0.3) is 0 Å². The highest BCUT2D eigenvalue weighted by Crippen LogP contribution is 2.07. The van der Waals surface area contributed by atoms with Crippen molar-refractivity contribution in [3.63, 3.8) is 0 Å². The van der Waals surface area contributed by atoms with Gasteiger partial charge in [-0.1, -0.05) is 0 Å². The van der Waals surface area contributed by atoms with Crippen molar-refractivity contribution >= 4 is 5.97 Å². The van der Waals surface area contributed by atoms with Gasteiger partial charge in [0, 0.05) is 6.04 Å². The molecule has 0 atom stereocenters. The zero-order valence-electron chi connectivity index (χ0n) is 9.93. The Morgan fingerprint density at radius 2 is 2.00 bits per heavy atom. The molecule has 15 heavy (non-hydrogen) atoms. The lowest BCUT2D eigenvalue weighted by molar-refractivity contribution is -0.153. The zero-order chi connectivity index (χ0) is 11.3. The zero-order valence-corrected chi connectivity index (χ0v) is 9.93. The molecule has 0 radical (unpaired) electrons. The Hall–Kier alpha value is -0.610. The fraction of sp³-hybridized carbons (Fsp3) is 0.909. The van der Waals surface area contributed by atoms with Gasteiger partial charge in [0.05, 0.1) is 6.54 Å². The predicted molar refractivity (Wildman–Crippen MR) is 59.7 cm³/mol. The average Bonchev–Trinajstić information content (AvgIpc) is 2.14. The van der Waals surface area contributed by atoms with Gasteiger partial charge in [-0.3, -0.25) is 4.79 Å². The van der Waals surface area contributed by atoms with Gasteiger partial charge in [-0.2, -0.15) is 0 Å². The highest BCUT2D eigenvalue weighted by Gasteiger charge is 2.18. The number of nitrogens with one attached hydrogen (secondary N) is 2. The second kappa shape index (κ2) is 5.47. The summed E-state index contributed by atoms with van der Waals surface area (Å²) >= 11 is 0. The maximum Gasteiger partial charge on any atom is 0.320 e. The van der Waals surface area contributed by atoms with E-state index in [4.69, 9.17) is 4.74 Å². The van der Waals surface area contributed by atoms with Crippen LogP contribution in [0.5, 0.6) is 0 Å². The van der Waals surface area contributed by atoms with Gasteiger partial charge in [-0.25, -0.2) is 0 Å². The minimum absolute atomic E-state index is 0.166. The number of hydrogen-bond acceptors (Lipinski definition) is 4. The van der Waals surface area contributed by atoms with Crippen molar-refractivity contribution in [2.24, 2.45) is 0 Å². The van der Waals surface area contributed by atoms with E-state index in [0.29, 0.717) is 12.6 Å². The molecule has 0 spiro atoms. The van der Waals surface area contributed by atoms with Gasteiger partial charge in [0.25, 0.3) is 0 Å². The van der Waals surface area contributed by atoms with Gasteiger partial charge in [0.2, 0.25) is 0 Å². The Bertz CT molecular complexity index is 205. The highest BCUT2D eigenvalue weighted by molar-refractivity contribution is 5.72. The van der Waals surface area contributed by atoms with Crippen LogP contribution in [0.15, 0.2) is 0 Å². The maximum absolute atomic E-state index is 11.4. The van der Waals surface area contributed by atoms with Crippen molar-refractivity contribution in [2.45, 2.75) is 45.3 Å². The normalized spacial score (nSPS) is 18.9. The van der Waals surface area contributed by atoms with E-state index in [9.17, 15) is 4.79 Å². The molecular formula is C11H22N2O2. The lowest BCUT2D eigenvalue weighted by Gasteiger charge is -2.25. The number of ether oxygens (including phenoxy) is 1. The number of esters is 1. The van der Waals surface area contributed by atoms with Crippen molar-refractivity contribution in [1.29, 1.82) is 0 Å². The Kier molecular flexibility index (Phi) is 4.54. The lowest BCUT2D eigenvalue weighted by Crippen LogP contribution is -2.43. The molecule has 4 nitrogen and oxygen atoms in total. The third-order valence-electron chi connectivity index (χ3n) is 2.29. The molecule has 0 unspecified atom stereocenters. The topological polar surface area (TPSA) is 50.4 Å². The minimum atomic E-state index is -0.382. The number of hydrogen-bond donors (Lipinski definition) is 2. The first-order valence-electron chi connectivity index (χ1n) is 5.63. The van der Waals surface area contributed by atoms with Gasteiger partial charge in [-0.05, 0) is 46.7 Å². The van der Waals surface area contributed by atoms with Crippen molar-refractivity contribution in [3.05, 3.63) is 0 Å². The van der Waals surface area contributed by atoms with Gasteiger partial charge in [0.1, 0.15) is 5.60 Å². The third-order valence-corrected chi connectivity index (χ3v) is 2.29. The van der Waals surface area contributed by atoms with Crippen LogP contribution >= 0.6 is 0 Å². The van der Waals surface area contributed by atoms with Crippen LogP contribution in [0.3, 0.4) is 0 Å². The smallest absolute Gasteiger partial charge is 0.320 e. The first kappa shape index (κ1) is 12.5. The van der Waals surface area contributed by atoms with Crippen molar-refractivity contribution < 1.29 is 9.53 Å². The molecule has 0 saturated carbocycles. The van der Waals surface area contributed by atoms with Crippen LogP contribution in [-0.4, -0.2) is 37.2 Å². The van der Waals surface area contributed by atoms with Gasteiger partial charge >= 0.3 is 5.97 Å². The molecule has 1 fully saturated rings. The molecular weight excluding hydrogens is 192 g/mol. The van der Waals surface area contributed by atoms with Crippen LogP contribution in [0.4, 0.5) is 0 Å². The molecule has 1 aliphatic heterocycles. The summed E-state index contributed by atoms with van der Waals surface area (Å²) in [5.74, 6) is -0.166. The Labute approximate surface area is 91.8 Å². The summed E-state index contributed by atoms with van der Waals surface area (Å²) in [6.07, 6.45) is 2.17. The molecule has 1 heterocycles. The Balaban J connectivity index is 2.15. The fourth-order valence-corrected chi connectivity index (χ4v) is 1.63. The molecule has 1 saturated heterocycles. The number of carbonyl (C=O) groups excluding carboxylic acids is 1. The molecule has 0 aliphatic carbocycles. The molecule has 0 amide bonds. The van der Waals surface area contributed by atoms with E-state index in [1.165, 1.54) is 0 Å². The average molecular weight is 214 g/mol. The molecule has 0 bridgehead atoms.